The normalized spacial score (nSPS) is 12.1. The lowest BCUT2D eigenvalue weighted by molar-refractivity contribution is -0.385. The molecule has 6 heteroatoms. The molecule has 0 N–H and O–H groups in total. The van der Waals surface area contributed by atoms with Crippen LogP contribution in [0.4, 0.5) is 11.4 Å². The third kappa shape index (κ3) is 8.71. The van der Waals surface area contributed by atoms with Crippen LogP contribution in [0.1, 0.15) is 55.6 Å². The first-order valence-corrected chi connectivity index (χ1v) is 20.9. The summed E-state index contributed by atoms with van der Waals surface area (Å²) in [7, 11) is 0. The largest absolute Gasteiger partial charge is 0.269 e. The Balaban J connectivity index is 1.12. The molecule has 0 aliphatic carbocycles. The monoisotopic (exact) mass is 828 g/mol. The van der Waals surface area contributed by atoms with E-state index in [0.29, 0.717) is 0 Å². The number of non-ortho nitro benzene ring substituents is 2. The summed E-state index contributed by atoms with van der Waals surface area (Å²) >= 11 is 0. The lowest BCUT2D eigenvalue weighted by Crippen LogP contribution is -1.92. The lowest BCUT2D eigenvalue weighted by Gasteiger charge is -2.14. The highest BCUT2D eigenvalue weighted by atomic mass is 16.6. The SMILES string of the molecule is O=[N+]([O-])c1ccc(/C(=C\c2ccccc2C=Cc2c3ccccc3c(C=Cc3ccccc3/C=C(/c3ccccc3)c3ccc([N+](=O)[O-])cc3)c3ccccc23)c2ccccc2)cc1. The van der Waals surface area contributed by atoms with Crippen LogP contribution >= 0.6 is 0 Å². The molecule has 0 heterocycles. The number of nitro benzene ring substituents is 2. The summed E-state index contributed by atoms with van der Waals surface area (Å²) in [5.74, 6) is 0. The molecule has 0 amide bonds. The molecule has 0 saturated carbocycles. The van der Waals surface area contributed by atoms with Gasteiger partial charge >= 0.3 is 0 Å². The van der Waals surface area contributed by atoms with Crippen LogP contribution in [0.5, 0.6) is 0 Å². The van der Waals surface area contributed by atoms with Gasteiger partial charge in [0, 0.05) is 24.3 Å². The van der Waals surface area contributed by atoms with Gasteiger partial charge in [0.1, 0.15) is 0 Å². The summed E-state index contributed by atoms with van der Waals surface area (Å²) in [4.78, 5) is 22.2. The van der Waals surface area contributed by atoms with E-state index in [1.54, 1.807) is 24.3 Å². The maximum absolute atomic E-state index is 11.5. The average molecular weight is 829 g/mol. The number of rotatable bonds is 12. The van der Waals surface area contributed by atoms with Gasteiger partial charge in [-0.1, -0.05) is 182 Å². The number of fused-ring (bicyclic) bond motifs is 2. The van der Waals surface area contributed by atoms with Crippen molar-refractivity contribution in [1.29, 1.82) is 0 Å². The molecule has 0 unspecified atom stereocenters. The standard InChI is InChI=1S/C58H40N2O4/c61-59(62)49-33-27-45(28-34-49)57(43-17-3-1-4-18-43)39-47-21-9-7-15-41(47)31-37-55-51-23-11-13-25-53(51)56(54-26-14-12-24-52(54)55)38-32-42-16-8-10-22-48(42)40-58(44-19-5-2-6-20-44)46-29-35-50(36-30-46)60(63)64/h1-40H/b37-31?,38-32?,57-39-,58-40-. The fraction of sp³-hybridized carbons (Fsp3) is 0. The van der Waals surface area contributed by atoms with Crippen LogP contribution in [0.15, 0.2) is 206 Å². The van der Waals surface area contributed by atoms with E-state index in [9.17, 15) is 20.2 Å². The molecule has 64 heavy (non-hydrogen) atoms. The maximum atomic E-state index is 11.5. The Hall–Kier alpha value is -8.74. The van der Waals surface area contributed by atoms with Crippen LogP contribution in [0.3, 0.4) is 0 Å². The smallest absolute Gasteiger partial charge is 0.258 e. The van der Waals surface area contributed by atoms with Gasteiger partial charge in [-0.15, -0.1) is 0 Å². The Labute approximate surface area is 371 Å². The molecule has 0 saturated heterocycles. The predicted molar refractivity (Wildman–Crippen MR) is 265 cm³/mol. The predicted octanol–water partition coefficient (Wildman–Crippen LogP) is 15.3. The summed E-state index contributed by atoms with van der Waals surface area (Å²) in [5, 5.41) is 27.4. The zero-order chi connectivity index (χ0) is 43.8. The zero-order valence-electron chi connectivity index (χ0n) is 34.6. The molecular weight excluding hydrogens is 789 g/mol. The van der Waals surface area contributed by atoms with Gasteiger partial charge in [0.15, 0.2) is 0 Å². The first kappa shape index (κ1) is 40.7. The van der Waals surface area contributed by atoms with Crippen LogP contribution in [-0.4, -0.2) is 9.85 Å². The van der Waals surface area contributed by atoms with Crippen molar-refractivity contribution in [2.24, 2.45) is 0 Å². The van der Waals surface area contributed by atoms with E-state index >= 15 is 0 Å². The lowest BCUT2D eigenvalue weighted by atomic mass is 9.90. The van der Waals surface area contributed by atoms with Gasteiger partial charge in [0.2, 0.25) is 0 Å². The van der Waals surface area contributed by atoms with Gasteiger partial charge in [-0.05, 0) is 125 Å². The maximum Gasteiger partial charge on any atom is 0.269 e. The highest BCUT2D eigenvalue weighted by molar-refractivity contribution is 6.14. The number of nitro groups is 2. The number of benzene rings is 9. The minimum absolute atomic E-state index is 0.0525. The summed E-state index contributed by atoms with van der Waals surface area (Å²) in [6.45, 7) is 0. The highest BCUT2D eigenvalue weighted by Gasteiger charge is 2.14. The van der Waals surface area contributed by atoms with Gasteiger partial charge in [-0.3, -0.25) is 20.2 Å². The van der Waals surface area contributed by atoms with Crippen molar-refractivity contribution in [3.8, 4) is 0 Å². The summed E-state index contributed by atoms with van der Waals surface area (Å²) < 4.78 is 0. The van der Waals surface area contributed by atoms with E-state index < -0.39 is 0 Å². The van der Waals surface area contributed by atoms with E-state index in [4.69, 9.17) is 0 Å². The number of nitrogens with zero attached hydrogens (tertiary/aromatic N) is 2. The van der Waals surface area contributed by atoms with Crippen molar-refractivity contribution in [1.82, 2.24) is 0 Å². The minimum Gasteiger partial charge on any atom is -0.258 e. The van der Waals surface area contributed by atoms with Crippen molar-refractivity contribution in [2.45, 2.75) is 0 Å². The molecule has 9 rings (SSSR count). The van der Waals surface area contributed by atoms with E-state index in [2.05, 4.69) is 134 Å². The van der Waals surface area contributed by atoms with Crippen LogP contribution in [0.2, 0.25) is 0 Å². The van der Waals surface area contributed by atoms with Crippen LogP contribution < -0.4 is 0 Å². The van der Waals surface area contributed by atoms with Crippen molar-refractivity contribution in [3.63, 3.8) is 0 Å². The second-order valence-electron chi connectivity index (χ2n) is 15.3. The summed E-state index contributed by atoms with van der Waals surface area (Å²) in [6, 6.07) is 67.2. The van der Waals surface area contributed by atoms with Crippen LogP contribution in [-0.2, 0) is 0 Å². The molecule has 0 radical (unpaired) electrons. The first-order valence-electron chi connectivity index (χ1n) is 20.9. The fourth-order valence-corrected chi connectivity index (χ4v) is 8.23. The van der Waals surface area contributed by atoms with E-state index in [1.165, 1.54) is 0 Å². The van der Waals surface area contributed by atoms with E-state index in [1.807, 2.05) is 84.9 Å². The van der Waals surface area contributed by atoms with Gasteiger partial charge in [-0.2, -0.15) is 0 Å². The first-order chi connectivity index (χ1) is 31.4. The Morgan fingerprint density at radius 2 is 0.594 bits per heavy atom. The molecule has 0 bridgehead atoms. The molecular formula is C58H40N2O4. The number of hydrogen-bond acceptors (Lipinski definition) is 4. The van der Waals surface area contributed by atoms with Crippen molar-refractivity contribution >= 4 is 80.5 Å². The Morgan fingerprint density at radius 1 is 0.312 bits per heavy atom. The van der Waals surface area contributed by atoms with Crippen LogP contribution in [0, 0.1) is 20.2 Å². The molecule has 0 spiro atoms. The van der Waals surface area contributed by atoms with Crippen molar-refractivity contribution in [2.75, 3.05) is 0 Å². The summed E-state index contributed by atoms with van der Waals surface area (Å²) in [5.41, 5.74) is 12.1. The highest BCUT2D eigenvalue weighted by Crippen LogP contribution is 2.37. The summed E-state index contributed by atoms with van der Waals surface area (Å²) in [6.07, 6.45) is 13.1. The zero-order valence-corrected chi connectivity index (χ0v) is 34.6. The van der Waals surface area contributed by atoms with E-state index in [-0.39, 0.29) is 21.2 Å². The second kappa shape index (κ2) is 18.5. The molecule has 0 aliphatic heterocycles. The van der Waals surface area contributed by atoms with Crippen molar-refractivity contribution in [3.05, 3.63) is 282 Å². The molecule has 6 nitrogen and oxygen atoms in total. The molecule has 306 valence electrons. The van der Waals surface area contributed by atoms with Crippen molar-refractivity contribution < 1.29 is 9.85 Å². The Bertz CT molecular complexity index is 3020. The molecule has 0 aromatic heterocycles. The Morgan fingerprint density at radius 3 is 0.922 bits per heavy atom. The van der Waals surface area contributed by atoms with Gasteiger partial charge in [0.05, 0.1) is 9.85 Å². The third-order valence-corrected chi connectivity index (χ3v) is 11.4. The topological polar surface area (TPSA) is 86.3 Å². The second-order valence-corrected chi connectivity index (χ2v) is 15.3. The van der Waals surface area contributed by atoms with Gasteiger partial charge in [-0.25, -0.2) is 0 Å². The number of hydrogen-bond donors (Lipinski definition) is 0. The molecule has 0 aliphatic rings. The van der Waals surface area contributed by atoms with E-state index in [0.717, 1.165) is 88.3 Å². The molecule has 9 aromatic carbocycles. The minimum atomic E-state index is -0.376. The Kier molecular flexibility index (Phi) is 11.7. The van der Waals surface area contributed by atoms with Crippen LogP contribution in [0.25, 0.3) is 69.1 Å². The third-order valence-electron chi connectivity index (χ3n) is 11.4. The quantitative estimate of drug-likeness (QED) is 0.0531. The molecule has 0 fully saturated rings. The fourth-order valence-electron chi connectivity index (χ4n) is 8.23. The van der Waals surface area contributed by atoms with Gasteiger partial charge in [0.25, 0.3) is 11.4 Å². The van der Waals surface area contributed by atoms with Gasteiger partial charge < -0.3 is 0 Å². The molecule has 9 aromatic rings. The average Bonchev–Trinajstić information content (AvgIpc) is 3.34. The molecule has 0 atom stereocenters.